The van der Waals surface area contributed by atoms with Crippen LogP contribution >= 0.6 is 0 Å². The van der Waals surface area contributed by atoms with Gasteiger partial charge in [0.2, 0.25) is 0 Å². The zero-order chi connectivity index (χ0) is 12.4. The summed E-state index contributed by atoms with van der Waals surface area (Å²) in [5, 5.41) is 21.4. The molecule has 0 saturated carbocycles. The summed E-state index contributed by atoms with van der Waals surface area (Å²) < 4.78 is 5.29. The van der Waals surface area contributed by atoms with E-state index in [1.54, 1.807) is 19.2 Å². The summed E-state index contributed by atoms with van der Waals surface area (Å²) >= 11 is 0. The van der Waals surface area contributed by atoms with E-state index in [0.717, 1.165) is 30.5 Å². The standard InChI is InChI=1S/C13H19NO3.ClH/c1-8(17-2)5-11-10-7-13(16)12(15)6-9(10)3-4-14-11;/h6-8,11,14-16H,3-5H2,1-2H3;1H. The van der Waals surface area contributed by atoms with Crippen LogP contribution in [0.5, 0.6) is 11.5 Å². The van der Waals surface area contributed by atoms with Crippen molar-refractivity contribution in [3.63, 3.8) is 0 Å². The maximum absolute atomic E-state index is 9.59. The van der Waals surface area contributed by atoms with Gasteiger partial charge >= 0.3 is 0 Å². The van der Waals surface area contributed by atoms with Crippen LogP contribution < -0.4 is 17.7 Å². The predicted octanol–water partition coefficient (Wildman–Crippen LogP) is -2.31. The van der Waals surface area contributed by atoms with Crippen LogP contribution in [0.15, 0.2) is 12.1 Å². The number of hydrogen-bond donors (Lipinski definition) is 3. The molecule has 102 valence electrons. The highest BCUT2D eigenvalue weighted by Crippen LogP contribution is 2.33. The van der Waals surface area contributed by atoms with Gasteiger partial charge in [0.25, 0.3) is 0 Å². The van der Waals surface area contributed by atoms with Crippen molar-refractivity contribution in [2.24, 2.45) is 0 Å². The van der Waals surface area contributed by atoms with Crippen LogP contribution in [0.4, 0.5) is 0 Å². The third-order valence-electron chi connectivity index (χ3n) is 3.49. The largest absolute Gasteiger partial charge is 1.00 e. The molecule has 0 radical (unpaired) electrons. The molecule has 0 amide bonds. The number of benzene rings is 1. The Kier molecular flexibility index (Phi) is 5.26. The van der Waals surface area contributed by atoms with Gasteiger partial charge in [-0.2, -0.15) is 0 Å². The number of ether oxygens (including phenoxy) is 1. The third kappa shape index (κ3) is 3.07. The highest BCUT2D eigenvalue weighted by molar-refractivity contribution is 5.46. The molecule has 1 aromatic rings. The van der Waals surface area contributed by atoms with Crippen LogP contribution in [0.1, 0.15) is 30.5 Å². The smallest absolute Gasteiger partial charge is 0.157 e. The van der Waals surface area contributed by atoms with E-state index < -0.39 is 0 Å². The topological polar surface area (TPSA) is 66.3 Å². The Morgan fingerprint density at radius 2 is 2.06 bits per heavy atom. The zero-order valence-electron chi connectivity index (χ0n) is 10.7. The number of fused-ring (bicyclic) bond motifs is 1. The molecule has 2 unspecified atom stereocenters. The molecule has 4 N–H and O–H groups in total. The quantitative estimate of drug-likeness (QED) is 0.542. The van der Waals surface area contributed by atoms with Crippen LogP contribution in [0.25, 0.3) is 0 Å². The number of methoxy groups -OCH3 is 1. The Bertz CT molecular complexity index is 411. The third-order valence-corrected chi connectivity index (χ3v) is 3.49. The lowest BCUT2D eigenvalue weighted by atomic mass is 9.90. The van der Waals surface area contributed by atoms with Crippen molar-refractivity contribution in [2.75, 3.05) is 13.7 Å². The lowest BCUT2D eigenvalue weighted by Gasteiger charge is -2.26. The number of aromatic hydroxyl groups is 2. The first kappa shape index (κ1) is 15.1. The molecule has 0 bridgehead atoms. The van der Waals surface area contributed by atoms with Crippen molar-refractivity contribution >= 4 is 0 Å². The summed E-state index contributed by atoms with van der Waals surface area (Å²) in [7, 11) is 1.71. The molecule has 4 nitrogen and oxygen atoms in total. The van der Waals surface area contributed by atoms with Crippen molar-refractivity contribution in [3.05, 3.63) is 23.3 Å². The molecule has 0 aliphatic carbocycles. The first-order valence-electron chi connectivity index (χ1n) is 6.02. The minimum Gasteiger partial charge on any atom is -1.00 e. The van der Waals surface area contributed by atoms with Gasteiger partial charge in [0, 0.05) is 25.5 Å². The van der Waals surface area contributed by atoms with Gasteiger partial charge in [-0.05, 0) is 24.6 Å². The van der Waals surface area contributed by atoms with Crippen molar-refractivity contribution in [1.29, 1.82) is 0 Å². The van der Waals surface area contributed by atoms with Crippen LogP contribution in [-0.4, -0.2) is 30.0 Å². The Morgan fingerprint density at radius 1 is 1.39 bits per heavy atom. The predicted molar refractivity (Wildman–Crippen MR) is 64.1 cm³/mol. The van der Waals surface area contributed by atoms with Gasteiger partial charge in [-0.1, -0.05) is 0 Å². The fraction of sp³-hybridized carbons (Fsp3) is 0.538. The molecule has 0 fully saturated rings. The summed E-state index contributed by atoms with van der Waals surface area (Å²) in [5.74, 6) is -0.0571. The average Bonchev–Trinajstić information content (AvgIpc) is 2.31. The second-order valence-corrected chi connectivity index (χ2v) is 4.70. The van der Waals surface area contributed by atoms with Crippen molar-refractivity contribution in [2.45, 2.75) is 31.9 Å². The number of phenols is 2. The number of phenolic OH excluding ortho intramolecular Hbond substituents is 2. The van der Waals surface area contributed by atoms with E-state index in [2.05, 4.69) is 5.32 Å². The average molecular weight is 274 g/mol. The molecule has 0 saturated heterocycles. The van der Waals surface area contributed by atoms with E-state index >= 15 is 0 Å². The lowest BCUT2D eigenvalue weighted by molar-refractivity contribution is -0.700. The van der Waals surface area contributed by atoms with E-state index in [0.29, 0.717) is 6.04 Å². The number of nitrogens with two attached hydrogens (primary N) is 1. The molecule has 0 spiro atoms. The van der Waals surface area contributed by atoms with E-state index in [9.17, 15) is 10.2 Å². The molecule has 2 rings (SSSR count). The SMILES string of the molecule is COC(C)CC1[NH2+]CCc2cc(O)c(O)cc21.[Cl-]. The first-order chi connectivity index (χ1) is 8.11. The van der Waals surface area contributed by atoms with Crippen molar-refractivity contribution in [1.82, 2.24) is 0 Å². The minimum absolute atomic E-state index is 0. The molecule has 1 heterocycles. The number of halogens is 1. The fourth-order valence-electron chi connectivity index (χ4n) is 2.44. The minimum atomic E-state index is -0.0332. The maximum atomic E-state index is 9.59. The maximum Gasteiger partial charge on any atom is 0.157 e. The molecular weight excluding hydrogens is 254 g/mol. The second kappa shape index (κ2) is 6.27. The van der Waals surface area contributed by atoms with Crippen LogP contribution in [-0.2, 0) is 11.2 Å². The molecule has 1 aliphatic heterocycles. The molecule has 18 heavy (non-hydrogen) atoms. The zero-order valence-corrected chi connectivity index (χ0v) is 11.4. The summed E-state index contributed by atoms with van der Waals surface area (Å²) in [5.41, 5.74) is 2.26. The van der Waals surface area contributed by atoms with Gasteiger partial charge in [-0.25, -0.2) is 0 Å². The monoisotopic (exact) mass is 273 g/mol. The molecule has 1 aliphatic rings. The lowest BCUT2D eigenvalue weighted by Crippen LogP contribution is -3.00. The molecule has 1 aromatic carbocycles. The van der Waals surface area contributed by atoms with Gasteiger partial charge in [-0.3, -0.25) is 0 Å². The number of hydrogen-bond acceptors (Lipinski definition) is 3. The van der Waals surface area contributed by atoms with E-state index in [1.165, 1.54) is 0 Å². The van der Waals surface area contributed by atoms with Crippen LogP contribution in [0.3, 0.4) is 0 Å². The van der Waals surface area contributed by atoms with E-state index in [1.807, 2.05) is 6.92 Å². The number of quaternary nitrogens is 1. The van der Waals surface area contributed by atoms with Gasteiger partial charge in [0.15, 0.2) is 11.5 Å². The highest BCUT2D eigenvalue weighted by Gasteiger charge is 2.26. The van der Waals surface area contributed by atoms with Gasteiger partial charge in [0.05, 0.1) is 12.6 Å². The Balaban J connectivity index is 0.00000162. The first-order valence-corrected chi connectivity index (χ1v) is 6.02. The molecular formula is C13H20ClNO3. The Morgan fingerprint density at radius 3 is 2.72 bits per heavy atom. The molecule has 2 atom stereocenters. The van der Waals surface area contributed by atoms with Crippen molar-refractivity contribution < 1.29 is 32.7 Å². The van der Waals surface area contributed by atoms with Gasteiger partial charge < -0.3 is 32.7 Å². The van der Waals surface area contributed by atoms with Crippen LogP contribution in [0, 0.1) is 0 Å². The number of rotatable bonds is 3. The summed E-state index contributed by atoms with van der Waals surface area (Å²) in [6.07, 6.45) is 2.03. The molecule has 0 aromatic heterocycles. The second-order valence-electron chi connectivity index (χ2n) is 4.70. The van der Waals surface area contributed by atoms with E-state index in [-0.39, 0.29) is 30.0 Å². The normalized spacial score (nSPS) is 19.8. The van der Waals surface area contributed by atoms with Crippen molar-refractivity contribution in [3.8, 4) is 11.5 Å². The Labute approximate surface area is 113 Å². The summed E-state index contributed by atoms with van der Waals surface area (Å²) in [6.45, 7) is 3.06. The fourth-order valence-corrected chi connectivity index (χ4v) is 2.44. The van der Waals surface area contributed by atoms with Gasteiger partial charge in [0.1, 0.15) is 6.04 Å². The van der Waals surface area contributed by atoms with Crippen LogP contribution in [0.2, 0.25) is 0 Å². The van der Waals surface area contributed by atoms with E-state index in [4.69, 9.17) is 4.74 Å². The summed E-state index contributed by atoms with van der Waals surface area (Å²) in [6, 6.07) is 3.68. The highest BCUT2D eigenvalue weighted by atomic mass is 35.5. The Hall–Kier alpha value is -0.970. The summed E-state index contributed by atoms with van der Waals surface area (Å²) in [4.78, 5) is 0. The molecule has 5 heteroatoms. The van der Waals surface area contributed by atoms with Gasteiger partial charge in [-0.15, -0.1) is 0 Å².